The van der Waals surface area contributed by atoms with Gasteiger partial charge in [0.05, 0.1) is 11.0 Å². The summed E-state index contributed by atoms with van der Waals surface area (Å²) in [6.07, 6.45) is 5.05. The maximum Gasteiger partial charge on any atom is 0.168 e. The van der Waals surface area contributed by atoms with E-state index in [0.29, 0.717) is 0 Å². The highest BCUT2D eigenvalue weighted by Gasteiger charge is 2.21. The van der Waals surface area contributed by atoms with E-state index in [9.17, 15) is 0 Å². The molecule has 7 nitrogen and oxygen atoms in total. The van der Waals surface area contributed by atoms with E-state index in [0.717, 1.165) is 55.8 Å². The van der Waals surface area contributed by atoms with Crippen LogP contribution in [0.25, 0.3) is 55.8 Å². The third-order valence-electron chi connectivity index (χ3n) is 5.74. The molecule has 32 heavy (non-hydrogen) atoms. The second kappa shape index (κ2) is 6.42. The van der Waals surface area contributed by atoms with Crippen LogP contribution in [0, 0.1) is 0 Å². The molecule has 0 aliphatic heterocycles. The van der Waals surface area contributed by atoms with Crippen molar-refractivity contribution in [1.82, 2.24) is 34.1 Å². The molecule has 7 aromatic rings. The van der Waals surface area contributed by atoms with Gasteiger partial charge in [0.25, 0.3) is 0 Å². The summed E-state index contributed by atoms with van der Waals surface area (Å²) in [4.78, 5) is 23.5. The number of hydrogen-bond donors (Lipinski definition) is 0. The van der Waals surface area contributed by atoms with Crippen LogP contribution in [-0.4, -0.2) is 34.1 Å². The third-order valence-corrected chi connectivity index (χ3v) is 5.74. The number of fused-ring (bicyclic) bond motifs is 6. The van der Waals surface area contributed by atoms with Crippen molar-refractivity contribution in [1.29, 1.82) is 0 Å². The molecular weight excluding hydrogens is 398 g/mol. The summed E-state index contributed by atoms with van der Waals surface area (Å²) >= 11 is 0. The largest absolute Gasteiger partial charge is 0.293 e. The predicted octanol–water partition coefficient (Wildman–Crippen LogP) is 4.86. The van der Waals surface area contributed by atoms with Crippen LogP contribution in [0.1, 0.15) is 0 Å². The zero-order valence-corrected chi connectivity index (χ0v) is 16.8. The zero-order valence-electron chi connectivity index (χ0n) is 16.8. The molecule has 0 atom stereocenters. The lowest BCUT2D eigenvalue weighted by molar-refractivity contribution is 1.02. The number of para-hydroxylation sites is 2. The summed E-state index contributed by atoms with van der Waals surface area (Å²) in [5.74, 6) is 0.730. The molecule has 0 radical (unpaired) electrons. The van der Waals surface area contributed by atoms with Gasteiger partial charge in [0, 0.05) is 23.5 Å². The molecule has 0 fully saturated rings. The first-order chi connectivity index (χ1) is 15.9. The van der Waals surface area contributed by atoms with E-state index in [4.69, 9.17) is 9.97 Å². The fourth-order valence-corrected chi connectivity index (χ4v) is 4.41. The number of hydrogen-bond acceptors (Lipinski definition) is 5. The van der Waals surface area contributed by atoms with Crippen LogP contribution in [-0.2, 0) is 0 Å². The molecule has 0 spiro atoms. The second-order valence-electron chi connectivity index (χ2n) is 7.53. The first-order valence-electron chi connectivity index (χ1n) is 10.3. The van der Waals surface area contributed by atoms with Crippen LogP contribution in [0.2, 0.25) is 0 Å². The van der Waals surface area contributed by atoms with Gasteiger partial charge in [0.15, 0.2) is 11.3 Å². The Labute approximate surface area is 181 Å². The van der Waals surface area contributed by atoms with E-state index in [2.05, 4.69) is 43.8 Å². The van der Waals surface area contributed by atoms with Crippen LogP contribution in [0.5, 0.6) is 0 Å². The van der Waals surface area contributed by atoms with Gasteiger partial charge in [-0.1, -0.05) is 36.4 Å². The minimum atomic E-state index is 0.723. The van der Waals surface area contributed by atoms with Crippen LogP contribution in [0.4, 0.5) is 0 Å². The molecule has 7 heteroatoms. The molecule has 7 rings (SSSR count). The number of rotatable bonds is 2. The van der Waals surface area contributed by atoms with Crippen LogP contribution >= 0.6 is 0 Å². The Balaban J connectivity index is 1.71. The monoisotopic (exact) mass is 413 g/mol. The lowest BCUT2D eigenvalue weighted by Gasteiger charge is -2.06. The first-order valence-corrected chi connectivity index (χ1v) is 10.3. The van der Waals surface area contributed by atoms with Gasteiger partial charge in [-0.3, -0.25) is 14.1 Å². The third kappa shape index (κ3) is 2.27. The first kappa shape index (κ1) is 17.1. The average molecular weight is 413 g/mol. The van der Waals surface area contributed by atoms with E-state index in [1.165, 1.54) is 6.33 Å². The van der Waals surface area contributed by atoms with E-state index in [1.54, 1.807) is 12.4 Å². The standard InChI is InChI=1S/C25H15N7/c1-2-7-16(8-3-1)31-18-10-5-4-9-17(18)21-24(31)30-23-22-19(11-6-13-27-22)32(25(23)29-21)20-12-14-26-15-28-20/h1-15H. The van der Waals surface area contributed by atoms with Crippen molar-refractivity contribution in [3.63, 3.8) is 0 Å². The van der Waals surface area contributed by atoms with Crippen LogP contribution in [0.15, 0.2) is 91.5 Å². The molecule has 0 saturated heterocycles. The average Bonchev–Trinajstić information content (AvgIpc) is 3.36. The zero-order chi connectivity index (χ0) is 21.1. The lowest BCUT2D eigenvalue weighted by Crippen LogP contribution is -2.00. The van der Waals surface area contributed by atoms with E-state index < -0.39 is 0 Å². The summed E-state index contributed by atoms with van der Waals surface area (Å²) in [5.41, 5.74) is 6.91. The summed E-state index contributed by atoms with van der Waals surface area (Å²) in [5, 5.41) is 1.05. The van der Waals surface area contributed by atoms with Gasteiger partial charge in [-0.05, 0) is 36.4 Å². The highest BCUT2D eigenvalue weighted by Crippen LogP contribution is 2.34. The van der Waals surface area contributed by atoms with Crippen molar-refractivity contribution in [3.8, 4) is 11.5 Å². The number of benzene rings is 2. The summed E-state index contributed by atoms with van der Waals surface area (Å²) in [7, 11) is 0. The fourth-order valence-electron chi connectivity index (χ4n) is 4.41. The Morgan fingerprint density at radius 2 is 1.34 bits per heavy atom. The highest BCUT2D eigenvalue weighted by molar-refractivity contribution is 6.11. The minimum Gasteiger partial charge on any atom is -0.293 e. The van der Waals surface area contributed by atoms with Gasteiger partial charge in [-0.25, -0.2) is 19.9 Å². The molecule has 0 amide bonds. The number of aromatic nitrogens is 7. The Morgan fingerprint density at radius 3 is 2.22 bits per heavy atom. The summed E-state index contributed by atoms with van der Waals surface area (Å²) in [6.45, 7) is 0. The lowest BCUT2D eigenvalue weighted by atomic mass is 10.2. The summed E-state index contributed by atoms with van der Waals surface area (Å²) in [6, 6.07) is 24.3. The number of pyridine rings is 1. The Morgan fingerprint density at radius 1 is 0.562 bits per heavy atom. The van der Waals surface area contributed by atoms with Crippen LogP contribution in [0.3, 0.4) is 0 Å². The van der Waals surface area contributed by atoms with E-state index >= 15 is 0 Å². The molecule has 0 aliphatic carbocycles. The smallest absolute Gasteiger partial charge is 0.168 e. The van der Waals surface area contributed by atoms with Gasteiger partial charge in [0.1, 0.15) is 28.7 Å². The van der Waals surface area contributed by atoms with Crippen molar-refractivity contribution < 1.29 is 0 Å². The molecule has 0 saturated carbocycles. The molecule has 5 heterocycles. The SMILES string of the molecule is c1ccc(-n2c3ccccc3c3nc4c(nc32)c2ncccc2n4-c2ccncn2)cc1. The quantitative estimate of drug-likeness (QED) is 0.405. The van der Waals surface area contributed by atoms with Gasteiger partial charge in [0.2, 0.25) is 0 Å². The molecule has 0 unspecified atom stereocenters. The van der Waals surface area contributed by atoms with Gasteiger partial charge >= 0.3 is 0 Å². The molecule has 0 N–H and O–H groups in total. The van der Waals surface area contributed by atoms with Crippen LogP contribution < -0.4 is 0 Å². The minimum absolute atomic E-state index is 0.723. The Bertz CT molecular complexity index is 1630. The maximum absolute atomic E-state index is 5.14. The maximum atomic E-state index is 5.14. The molecular formula is C25H15N7. The fraction of sp³-hybridized carbons (Fsp3) is 0. The molecule has 0 bridgehead atoms. The van der Waals surface area contributed by atoms with Crippen molar-refractivity contribution in [2.45, 2.75) is 0 Å². The number of nitrogens with zero attached hydrogens (tertiary/aromatic N) is 7. The van der Waals surface area contributed by atoms with Gasteiger partial charge < -0.3 is 0 Å². The Hall–Kier alpha value is -4.65. The van der Waals surface area contributed by atoms with E-state index in [1.807, 2.05) is 53.1 Å². The Kier molecular flexibility index (Phi) is 3.43. The molecule has 150 valence electrons. The van der Waals surface area contributed by atoms with Gasteiger partial charge in [-0.15, -0.1) is 0 Å². The topological polar surface area (TPSA) is 74.3 Å². The second-order valence-corrected chi connectivity index (χ2v) is 7.53. The normalized spacial score (nSPS) is 11.8. The van der Waals surface area contributed by atoms with Gasteiger partial charge in [-0.2, -0.15) is 0 Å². The molecule has 5 aromatic heterocycles. The molecule has 0 aliphatic rings. The van der Waals surface area contributed by atoms with E-state index in [-0.39, 0.29) is 0 Å². The van der Waals surface area contributed by atoms with Crippen molar-refractivity contribution in [3.05, 3.63) is 91.5 Å². The highest BCUT2D eigenvalue weighted by atomic mass is 15.2. The van der Waals surface area contributed by atoms with Crippen molar-refractivity contribution in [2.75, 3.05) is 0 Å². The predicted molar refractivity (Wildman–Crippen MR) is 124 cm³/mol. The van der Waals surface area contributed by atoms with Crippen molar-refractivity contribution >= 4 is 44.3 Å². The summed E-state index contributed by atoms with van der Waals surface area (Å²) < 4.78 is 4.16. The van der Waals surface area contributed by atoms with Crippen molar-refractivity contribution in [2.24, 2.45) is 0 Å². The molecule has 2 aromatic carbocycles.